The molecule has 1 aromatic carbocycles. The predicted octanol–water partition coefficient (Wildman–Crippen LogP) is 2.30. The number of fused-ring (bicyclic) bond motifs is 3. The topological polar surface area (TPSA) is 117 Å². The summed E-state index contributed by atoms with van der Waals surface area (Å²) in [6, 6.07) is 2.59. The maximum atomic E-state index is 14.2. The van der Waals surface area contributed by atoms with Crippen LogP contribution in [-0.2, 0) is 11.8 Å². The van der Waals surface area contributed by atoms with E-state index >= 15 is 0 Å². The van der Waals surface area contributed by atoms with Crippen LogP contribution in [0, 0.1) is 12.7 Å². The highest BCUT2D eigenvalue weighted by molar-refractivity contribution is 5.94. The molecule has 2 aliphatic rings. The molecule has 2 aromatic heterocycles. The Bertz CT molecular complexity index is 1250. The minimum atomic E-state index is -0.830. The van der Waals surface area contributed by atoms with E-state index in [1.54, 1.807) is 29.3 Å². The molecule has 5 rings (SSSR count). The van der Waals surface area contributed by atoms with Crippen molar-refractivity contribution in [1.82, 2.24) is 19.1 Å². The second-order valence-corrected chi connectivity index (χ2v) is 8.33. The number of amides is 1. The maximum Gasteiger partial charge on any atom is 0.330 e. The van der Waals surface area contributed by atoms with Crippen LogP contribution in [0.2, 0.25) is 0 Å². The molecular weight excluding hydrogens is 403 g/mol. The second kappa shape index (κ2) is 7.16. The van der Waals surface area contributed by atoms with Crippen LogP contribution in [0.15, 0.2) is 23.1 Å². The van der Waals surface area contributed by atoms with Crippen LogP contribution in [-0.4, -0.2) is 37.2 Å². The number of carbonyl (C=O) groups excluding carboxylic acids is 1. The van der Waals surface area contributed by atoms with E-state index in [1.807, 2.05) is 0 Å². The number of hydrogen-bond donors (Lipinski definition) is 2. The van der Waals surface area contributed by atoms with E-state index in [0.29, 0.717) is 22.4 Å². The highest BCUT2D eigenvalue weighted by Crippen LogP contribution is 2.38. The molecule has 2 atom stereocenters. The van der Waals surface area contributed by atoms with Crippen molar-refractivity contribution in [3.05, 3.63) is 45.8 Å². The third-order valence-corrected chi connectivity index (χ3v) is 6.29. The van der Waals surface area contributed by atoms with Gasteiger partial charge in [-0.2, -0.15) is 4.98 Å². The fourth-order valence-electron chi connectivity index (χ4n) is 4.69. The molecule has 9 nitrogen and oxygen atoms in total. The molecule has 2 saturated heterocycles. The Morgan fingerprint density at radius 2 is 2.00 bits per heavy atom. The molecule has 0 spiro atoms. The molecule has 4 heterocycles. The fourth-order valence-corrected chi connectivity index (χ4v) is 4.69. The number of aryl methyl sites for hydroxylation is 2. The van der Waals surface area contributed by atoms with Gasteiger partial charge in [-0.1, -0.05) is 0 Å². The standard InChI is InChI=1S/C21H23FN6O3/c1-10-5-14(18(23)29)15(22)8-16(10)25-20-24-9-17-19(26-20)28(21(30)27(17)2)11-6-12-3-4-13(7-11)31-12/h5,8-9,11-13H,3-4,6-7H2,1-2H3,(H2,23,29)(H,24,25,26). The maximum absolute atomic E-state index is 14.2. The zero-order valence-corrected chi connectivity index (χ0v) is 17.3. The Morgan fingerprint density at radius 1 is 1.29 bits per heavy atom. The van der Waals surface area contributed by atoms with Crippen molar-refractivity contribution in [3.63, 3.8) is 0 Å². The first kappa shape index (κ1) is 19.7. The summed E-state index contributed by atoms with van der Waals surface area (Å²) in [7, 11) is 1.70. The number of nitrogens with zero attached hydrogens (tertiary/aromatic N) is 4. The summed E-state index contributed by atoms with van der Waals surface area (Å²) in [6.07, 6.45) is 5.55. The van der Waals surface area contributed by atoms with Crippen molar-refractivity contribution >= 4 is 28.7 Å². The van der Waals surface area contributed by atoms with Gasteiger partial charge in [0.25, 0.3) is 5.91 Å². The Morgan fingerprint density at radius 3 is 2.68 bits per heavy atom. The van der Waals surface area contributed by atoms with E-state index in [1.165, 1.54) is 12.1 Å². The van der Waals surface area contributed by atoms with Gasteiger partial charge in [0, 0.05) is 18.8 Å². The summed E-state index contributed by atoms with van der Waals surface area (Å²) in [5.74, 6) is -1.32. The molecule has 31 heavy (non-hydrogen) atoms. The second-order valence-electron chi connectivity index (χ2n) is 8.33. The third-order valence-electron chi connectivity index (χ3n) is 6.29. The molecule has 3 N–H and O–H groups in total. The molecule has 2 bridgehead atoms. The lowest BCUT2D eigenvalue weighted by Crippen LogP contribution is -2.33. The van der Waals surface area contributed by atoms with Crippen LogP contribution in [0.1, 0.15) is 47.6 Å². The van der Waals surface area contributed by atoms with E-state index in [-0.39, 0.29) is 35.5 Å². The Kier molecular flexibility index (Phi) is 4.54. The molecule has 0 saturated carbocycles. The molecule has 1 amide bonds. The van der Waals surface area contributed by atoms with Crippen LogP contribution >= 0.6 is 0 Å². The molecule has 0 radical (unpaired) electrons. The monoisotopic (exact) mass is 426 g/mol. The number of halogens is 1. The first-order chi connectivity index (χ1) is 14.8. The van der Waals surface area contributed by atoms with Gasteiger partial charge in [0.2, 0.25) is 5.95 Å². The number of hydrogen-bond acceptors (Lipinski definition) is 6. The van der Waals surface area contributed by atoms with Gasteiger partial charge in [0.1, 0.15) is 11.3 Å². The normalized spacial score (nSPS) is 22.7. The van der Waals surface area contributed by atoms with Gasteiger partial charge in [-0.3, -0.25) is 13.9 Å². The summed E-state index contributed by atoms with van der Waals surface area (Å²) in [5.41, 5.74) is 7.08. The van der Waals surface area contributed by atoms with Gasteiger partial charge >= 0.3 is 5.69 Å². The largest absolute Gasteiger partial charge is 0.375 e. The summed E-state index contributed by atoms with van der Waals surface area (Å²) >= 11 is 0. The zero-order valence-electron chi connectivity index (χ0n) is 17.3. The molecule has 3 aromatic rings. The van der Waals surface area contributed by atoms with Crippen molar-refractivity contribution in [1.29, 1.82) is 0 Å². The van der Waals surface area contributed by atoms with E-state index in [0.717, 1.165) is 25.7 Å². The van der Waals surface area contributed by atoms with Gasteiger partial charge in [0.15, 0.2) is 5.65 Å². The van der Waals surface area contributed by atoms with E-state index in [2.05, 4.69) is 15.3 Å². The van der Waals surface area contributed by atoms with Crippen molar-refractivity contribution in [3.8, 4) is 0 Å². The number of nitrogens with one attached hydrogen (secondary N) is 1. The fraction of sp³-hybridized carbons (Fsp3) is 0.429. The van der Waals surface area contributed by atoms with Crippen molar-refractivity contribution in [2.24, 2.45) is 12.8 Å². The summed E-state index contributed by atoms with van der Waals surface area (Å²) in [4.78, 5) is 33.2. The lowest BCUT2D eigenvalue weighted by Gasteiger charge is -2.28. The van der Waals surface area contributed by atoms with Crippen molar-refractivity contribution in [2.45, 2.75) is 50.9 Å². The molecule has 162 valence electrons. The molecular formula is C21H23FN6O3. The highest BCUT2D eigenvalue weighted by Gasteiger charge is 2.37. The van der Waals surface area contributed by atoms with Crippen molar-refractivity contribution < 1.29 is 13.9 Å². The zero-order chi connectivity index (χ0) is 21.9. The summed E-state index contributed by atoms with van der Waals surface area (Å²) in [6.45, 7) is 1.73. The molecule has 2 unspecified atom stereocenters. The average molecular weight is 426 g/mol. The minimum absolute atomic E-state index is 0.0132. The molecule has 0 aliphatic carbocycles. The van der Waals surface area contributed by atoms with Crippen LogP contribution in [0.5, 0.6) is 0 Å². The number of anilines is 2. The van der Waals surface area contributed by atoms with Gasteiger partial charge < -0.3 is 15.8 Å². The Labute approximate surface area is 177 Å². The Hall–Kier alpha value is -3.27. The third kappa shape index (κ3) is 3.27. The van der Waals surface area contributed by atoms with E-state index < -0.39 is 11.7 Å². The van der Waals surface area contributed by atoms with E-state index in [4.69, 9.17) is 10.5 Å². The van der Waals surface area contributed by atoms with Gasteiger partial charge in [0.05, 0.1) is 24.0 Å². The van der Waals surface area contributed by atoms with Crippen molar-refractivity contribution in [2.75, 3.05) is 5.32 Å². The number of aromatic nitrogens is 4. The minimum Gasteiger partial charge on any atom is -0.375 e. The van der Waals surface area contributed by atoms with Crippen LogP contribution in [0.4, 0.5) is 16.0 Å². The smallest absolute Gasteiger partial charge is 0.330 e. The van der Waals surface area contributed by atoms with Crippen LogP contribution < -0.4 is 16.7 Å². The van der Waals surface area contributed by atoms with E-state index in [9.17, 15) is 14.0 Å². The number of nitrogens with two attached hydrogens (primary N) is 1. The molecule has 10 heteroatoms. The number of ether oxygens (including phenoxy) is 1. The number of benzene rings is 1. The van der Waals surface area contributed by atoms with Crippen LogP contribution in [0.25, 0.3) is 11.2 Å². The summed E-state index contributed by atoms with van der Waals surface area (Å²) < 4.78 is 23.4. The first-order valence-electron chi connectivity index (χ1n) is 10.3. The van der Waals surface area contributed by atoms with Gasteiger partial charge in [-0.25, -0.2) is 14.2 Å². The quantitative estimate of drug-likeness (QED) is 0.661. The molecule has 2 fully saturated rings. The number of carbonyl (C=O) groups is 1. The van der Waals surface area contributed by atoms with Gasteiger partial charge in [-0.05, 0) is 50.3 Å². The summed E-state index contributed by atoms with van der Waals surface area (Å²) in [5, 5.41) is 3.00. The predicted molar refractivity (Wildman–Crippen MR) is 112 cm³/mol. The average Bonchev–Trinajstić information content (AvgIpc) is 3.19. The van der Waals surface area contributed by atoms with Gasteiger partial charge in [-0.15, -0.1) is 0 Å². The first-order valence-corrected chi connectivity index (χ1v) is 10.3. The number of rotatable bonds is 4. The number of primary amides is 1. The SMILES string of the molecule is Cc1cc(C(N)=O)c(F)cc1Nc1ncc2c(n1)n(C1CC3CCC(C1)O3)c(=O)n2C. The lowest BCUT2D eigenvalue weighted by molar-refractivity contribution is -0.0158. The number of imidazole rings is 1. The van der Waals surface area contributed by atoms with Crippen LogP contribution in [0.3, 0.4) is 0 Å². The highest BCUT2D eigenvalue weighted by atomic mass is 19.1. The Balaban J connectivity index is 1.54. The lowest BCUT2D eigenvalue weighted by atomic mass is 10.0. The molecule has 2 aliphatic heterocycles.